The summed E-state index contributed by atoms with van der Waals surface area (Å²) in [5, 5.41) is 14.9. The number of allylic oxidation sites excluding steroid dienone is 1. The van der Waals surface area contributed by atoms with Crippen LogP contribution in [0.25, 0.3) is 0 Å². The van der Waals surface area contributed by atoms with Crippen molar-refractivity contribution in [1.82, 2.24) is 10.6 Å². The minimum absolute atomic E-state index is 0.00117. The molecule has 1 saturated heterocycles. The molecular formula is C16H20N2O4. The Bertz CT molecular complexity index is 591. The van der Waals surface area contributed by atoms with Crippen LogP contribution in [0.1, 0.15) is 19.4 Å². The molecule has 1 heterocycles. The second-order valence-electron chi connectivity index (χ2n) is 5.50. The summed E-state index contributed by atoms with van der Waals surface area (Å²) in [6, 6.07) is 7.04. The second-order valence-corrected chi connectivity index (χ2v) is 5.50. The zero-order valence-electron chi connectivity index (χ0n) is 12.7. The lowest BCUT2D eigenvalue weighted by Crippen LogP contribution is -2.66. The Morgan fingerprint density at radius 2 is 2.00 bits per heavy atom. The summed E-state index contributed by atoms with van der Waals surface area (Å²) in [7, 11) is 0. The first kappa shape index (κ1) is 16.0. The first-order valence-corrected chi connectivity index (χ1v) is 7.06. The van der Waals surface area contributed by atoms with Gasteiger partial charge in [0.05, 0.1) is 6.54 Å². The van der Waals surface area contributed by atoms with Gasteiger partial charge in [-0.15, -0.1) is 0 Å². The van der Waals surface area contributed by atoms with Crippen molar-refractivity contribution in [3.63, 3.8) is 0 Å². The number of carbonyl (C=O) groups excluding carboxylic acids is 2. The Kier molecular flexibility index (Phi) is 4.82. The van der Waals surface area contributed by atoms with Crippen molar-refractivity contribution >= 4 is 11.8 Å². The molecule has 3 N–H and O–H groups in total. The van der Waals surface area contributed by atoms with E-state index in [2.05, 4.69) is 10.6 Å². The molecule has 0 aliphatic carbocycles. The maximum Gasteiger partial charge on any atom is 0.274 e. The Labute approximate surface area is 129 Å². The summed E-state index contributed by atoms with van der Waals surface area (Å²) in [5.41, 5.74) is -0.00735. The van der Waals surface area contributed by atoms with Gasteiger partial charge in [0.2, 0.25) is 11.6 Å². The molecule has 118 valence electrons. The highest BCUT2D eigenvalue weighted by atomic mass is 16.5. The Morgan fingerprint density at radius 1 is 1.32 bits per heavy atom. The van der Waals surface area contributed by atoms with Gasteiger partial charge in [-0.3, -0.25) is 9.59 Å². The van der Waals surface area contributed by atoms with Crippen LogP contribution >= 0.6 is 0 Å². The molecule has 1 aromatic carbocycles. The number of amides is 2. The number of aliphatic hydroxyl groups is 1. The molecule has 1 aliphatic rings. The van der Waals surface area contributed by atoms with Gasteiger partial charge in [0.15, 0.2) is 0 Å². The number of ether oxygens (including phenoxy) is 1. The quantitative estimate of drug-likeness (QED) is 0.692. The van der Waals surface area contributed by atoms with E-state index in [4.69, 9.17) is 4.74 Å². The van der Waals surface area contributed by atoms with Crippen molar-refractivity contribution in [2.75, 3.05) is 13.2 Å². The fraction of sp³-hybridized carbons (Fsp3) is 0.375. The van der Waals surface area contributed by atoms with Gasteiger partial charge in [0.25, 0.3) is 5.91 Å². The molecule has 0 spiro atoms. The molecule has 6 heteroatoms. The molecular weight excluding hydrogens is 284 g/mol. The first-order valence-electron chi connectivity index (χ1n) is 7.06. The zero-order chi connectivity index (χ0) is 16.2. The van der Waals surface area contributed by atoms with Crippen LogP contribution in [0.15, 0.2) is 35.9 Å². The van der Waals surface area contributed by atoms with Gasteiger partial charge < -0.3 is 20.5 Å². The highest BCUT2D eigenvalue weighted by Gasteiger charge is 2.41. The molecule has 1 unspecified atom stereocenters. The summed E-state index contributed by atoms with van der Waals surface area (Å²) in [4.78, 5) is 23.1. The molecule has 1 atom stereocenters. The third-order valence-electron chi connectivity index (χ3n) is 3.26. The monoisotopic (exact) mass is 304 g/mol. The highest BCUT2D eigenvalue weighted by Crippen LogP contribution is 2.17. The van der Waals surface area contributed by atoms with E-state index in [0.717, 1.165) is 5.56 Å². The van der Waals surface area contributed by atoms with Crippen LogP contribution in [0, 0.1) is 0 Å². The maximum absolute atomic E-state index is 11.7. The minimum Gasteiger partial charge on any atom is -0.490 e. The summed E-state index contributed by atoms with van der Waals surface area (Å²) in [6.45, 7) is 4.37. The average Bonchev–Trinajstić information content (AvgIpc) is 2.45. The molecule has 0 aromatic heterocycles. The van der Waals surface area contributed by atoms with Crippen molar-refractivity contribution in [2.24, 2.45) is 0 Å². The molecule has 1 aliphatic heterocycles. The summed E-state index contributed by atoms with van der Waals surface area (Å²) >= 11 is 0. The fourth-order valence-corrected chi connectivity index (χ4v) is 2.07. The number of carbonyl (C=O) groups is 2. The molecule has 0 bridgehead atoms. The van der Waals surface area contributed by atoms with E-state index in [0.29, 0.717) is 12.4 Å². The van der Waals surface area contributed by atoms with Crippen molar-refractivity contribution in [2.45, 2.75) is 26.0 Å². The SMILES string of the molecule is CC(C)=CCOc1ccc(CC2(O)NC(=O)CNC2=O)cc1. The summed E-state index contributed by atoms with van der Waals surface area (Å²) < 4.78 is 5.54. The molecule has 6 nitrogen and oxygen atoms in total. The zero-order valence-corrected chi connectivity index (χ0v) is 12.7. The topological polar surface area (TPSA) is 87.7 Å². The van der Waals surface area contributed by atoms with Gasteiger partial charge in [-0.1, -0.05) is 17.7 Å². The third-order valence-corrected chi connectivity index (χ3v) is 3.26. The molecule has 2 amide bonds. The Balaban J connectivity index is 2.00. The standard InChI is InChI=1S/C16H20N2O4/c1-11(2)7-8-22-13-5-3-12(4-6-13)9-16(21)15(20)17-10-14(19)18-16/h3-7,21H,8-10H2,1-2H3,(H,17,20)(H,18,19). The van der Waals surface area contributed by atoms with Crippen molar-refractivity contribution in [1.29, 1.82) is 0 Å². The van der Waals surface area contributed by atoms with Crippen molar-refractivity contribution in [3.05, 3.63) is 41.5 Å². The smallest absolute Gasteiger partial charge is 0.274 e. The average molecular weight is 304 g/mol. The maximum atomic E-state index is 11.7. The van der Waals surface area contributed by atoms with Crippen LogP contribution in [-0.4, -0.2) is 35.8 Å². The third kappa shape index (κ3) is 4.08. The second kappa shape index (κ2) is 6.62. The summed E-state index contributed by atoms with van der Waals surface area (Å²) in [6.07, 6.45) is 1.97. The first-order chi connectivity index (χ1) is 10.4. The van der Waals surface area contributed by atoms with Gasteiger partial charge in [-0.25, -0.2) is 0 Å². The van der Waals surface area contributed by atoms with Gasteiger partial charge in [0, 0.05) is 6.42 Å². The largest absolute Gasteiger partial charge is 0.490 e. The van der Waals surface area contributed by atoms with Crippen LogP contribution in [0.4, 0.5) is 0 Å². The fourth-order valence-electron chi connectivity index (χ4n) is 2.07. The highest BCUT2D eigenvalue weighted by molar-refractivity contribution is 5.96. The van der Waals surface area contributed by atoms with Gasteiger partial charge in [-0.2, -0.15) is 0 Å². The predicted octanol–water partition coefficient (Wildman–Crippen LogP) is 0.509. The van der Waals surface area contributed by atoms with Crippen LogP contribution in [-0.2, 0) is 16.0 Å². The van der Waals surface area contributed by atoms with Crippen LogP contribution in [0.5, 0.6) is 5.75 Å². The molecule has 1 fully saturated rings. The van der Waals surface area contributed by atoms with E-state index in [1.807, 2.05) is 19.9 Å². The number of benzene rings is 1. The van der Waals surface area contributed by atoms with Gasteiger partial charge >= 0.3 is 0 Å². The Morgan fingerprint density at radius 3 is 2.64 bits per heavy atom. The molecule has 2 rings (SSSR count). The van der Waals surface area contributed by atoms with Crippen LogP contribution < -0.4 is 15.4 Å². The van der Waals surface area contributed by atoms with Crippen molar-refractivity contribution in [3.8, 4) is 5.75 Å². The van der Waals surface area contributed by atoms with Crippen LogP contribution in [0.3, 0.4) is 0 Å². The summed E-state index contributed by atoms with van der Waals surface area (Å²) in [5.74, 6) is -0.315. The Hall–Kier alpha value is -2.34. The molecule has 0 saturated carbocycles. The van der Waals surface area contributed by atoms with E-state index in [1.54, 1.807) is 24.3 Å². The number of hydrogen-bond donors (Lipinski definition) is 3. The van der Waals surface area contributed by atoms with E-state index in [1.165, 1.54) is 5.57 Å². The number of hydrogen-bond acceptors (Lipinski definition) is 4. The molecule has 0 radical (unpaired) electrons. The lowest BCUT2D eigenvalue weighted by molar-refractivity contribution is -0.154. The predicted molar refractivity (Wildman–Crippen MR) is 81.2 cm³/mol. The number of rotatable bonds is 5. The van der Waals surface area contributed by atoms with Crippen LogP contribution in [0.2, 0.25) is 0 Å². The lowest BCUT2D eigenvalue weighted by atomic mass is 10.00. The van der Waals surface area contributed by atoms with E-state index in [9.17, 15) is 14.7 Å². The lowest BCUT2D eigenvalue weighted by Gasteiger charge is -2.31. The van der Waals surface area contributed by atoms with E-state index < -0.39 is 17.5 Å². The number of nitrogens with one attached hydrogen (secondary N) is 2. The van der Waals surface area contributed by atoms with Gasteiger partial charge in [-0.05, 0) is 37.6 Å². The van der Waals surface area contributed by atoms with Crippen molar-refractivity contribution < 1.29 is 19.4 Å². The van der Waals surface area contributed by atoms with Gasteiger partial charge in [0.1, 0.15) is 12.4 Å². The molecule has 22 heavy (non-hydrogen) atoms. The normalized spacial score (nSPS) is 20.9. The number of piperazine rings is 1. The minimum atomic E-state index is -1.90. The molecule has 1 aromatic rings. The van der Waals surface area contributed by atoms with E-state index >= 15 is 0 Å². The van der Waals surface area contributed by atoms with E-state index in [-0.39, 0.29) is 13.0 Å².